The van der Waals surface area contributed by atoms with Crippen molar-refractivity contribution in [1.82, 2.24) is 9.80 Å². The van der Waals surface area contributed by atoms with Crippen molar-refractivity contribution in [1.29, 1.82) is 0 Å². The molecule has 0 unspecified atom stereocenters. The number of ether oxygens (including phenoxy) is 3. The number of carboxylic acid groups (broad SMARTS) is 1. The highest BCUT2D eigenvalue weighted by Crippen LogP contribution is 2.32. The quantitative estimate of drug-likeness (QED) is 0.594. The van der Waals surface area contributed by atoms with Gasteiger partial charge in [-0.05, 0) is 29.8 Å². The summed E-state index contributed by atoms with van der Waals surface area (Å²) >= 11 is 0. The van der Waals surface area contributed by atoms with Gasteiger partial charge < -0.3 is 24.6 Å². The van der Waals surface area contributed by atoms with Gasteiger partial charge in [-0.15, -0.1) is 0 Å². The normalized spacial score (nSPS) is 16.9. The van der Waals surface area contributed by atoms with Crippen molar-refractivity contribution in [3.8, 4) is 17.2 Å². The van der Waals surface area contributed by atoms with Gasteiger partial charge in [-0.2, -0.15) is 0 Å². The summed E-state index contributed by atoms with van der Waals surface area (Å²) in [6, 6.07) is 13.0. The summed E-state index contributed by atoms with van der Waals surface area (Å²) in [4.78, 5) is 28.7. The fourth-order valence-corrected chi connectivity index (χ4v) is 4.11. The lowest BCUT2D eigenvalue weighted by molar-refractivity contribution is -0.144. The summed E-state index contributed by atoms with van der Waals surface area (Å²) in [5.41, 5.74) is 1.74. The first-order valence-electron chi connectivity index (χ1n) is 11.0. The zero-order valence-corrected chi connectivity index (χ0v) is 18.7. The maximum atomic E-state index is 12.4. The zero-order chi connectivity index (χ0) is 23.2. The van der Waals surface area contributed by atoms with Crippen molar-refractivity contribution in [2.75, 3.05) is 51.9 Å². The third kappa shape index (κ3) is 6.15. The number of amides is 1. The van der Waals surface area contributed by atoms with Crippen LogP contribution in [0.4, 0.5) is 5.69 Å². The first-order chi connectivity index (χ1) is 16.0. The molecule has 2 aromatic carbocycles. The van der Waals surface area contributed by atoms with Gasteiger partial charge >= 0.3 is 5.97 Å². The fraction of sp³-hybridized carbons (Fsp3) is 0.417. The van der Waals surface area contributed by atoms with E-state index in [1.54, 1.807) is 31.4 Å². The smallest absolute Gasteiger partial charge is 0.308 e. The molecule has 0 aliphatic carbocycles. The summed E-state index contributed by atoms with van der Waals surface area (Å²) in [6.07, 6.45) is -0.0794. The minimum atomic E-state index is -0.960. The van der Waals surface area contributed by atoms with Gasteiger partial charge in [0.25, 0.3) is 0 Å². The average Bonchev–Trinajstić information content (AvgIpc) is 3.28. The third-order valence-electron chi connectivity index (χ3n) is 5.92. The molecule has 2 N–H and O–H groups in total. The highest BCUT2D eigenvalue weighted by atomic mass is 16.7. The lowest BCUT2D eigenvalue weighted by atomic mass is 10.0. The van der Waals surface area contributed by atoms with E-state index in [4.69, 9.17) is 14.2 Å². The fourth-order valence-electron chi connectivity index (χ4n) is 4.11. The number of anilines is 1. The van der Waals surface area contributed by atoms with Crippen LogP contribution in [0.25, 0.3) is 0 Å². The zero-order valence-electron chi connectivity index (χ0n) is 18.7. The maximum Gasteiger partial charge on any atom is 0.308 e. The molecule has 2 heterocycles. The highest BCUT2D eigenvalue weighted by Gasteiger charge is 2.27. The van der Waals surface area contributed by atoms with Crippen molar-refractivity contribution < 1.29 is 28.9 Å². The van der Waals surface area contributed by atoms with Crippen molar-refractivity contribution in [3.05, 3.63) is 48.0 Å². The molecule has 2 aromatic rings. The van der Waals surface area contributed by atoms with Gasteiger partial charge in [0.05, 0.1) is 13.0 Å². The van der Waals surface area contributed by atoms with Gasteiger partial charge in [-0.25, -0.2) is 0 Å². The van der Waals surface area contributed by atoms with Crippen LogP contribution in [-0.2, 0) is 16.1 Å². The minimum Gasteiger partial charge on any atom is -0.497 e. The van der Waals surface area contributed by atoms with E-state index in [0.717, 1.165) is 49.8 Å². The molecule has 0 spiro atoms. The molecular weight excluding hydrogens is 426 g/mol. The first kappa shape index (κ1) is 22.9. The Morgan fingerprint density at radius 1 is 1.06 bits per heavy atom. The SMILES string of the molecule is COc1cccc(NC(=O)C[C@H](CN2CCN(Cc3ccc4c(c3)OCO4)CC2)C(=O)O)c1. The Balaban J connectivity index is 1.25. The maximum absolute atomic E-state index is 12.4. The van der Waals surface area contributed by atoms with Crippen LogP contribution in [0, 0.1) is 5.92 Å². The van der Waals surface area contributed by atoms with Crippen LogP contribution in [0.5, 0.6) is 17.2 Å². The lowest BCUT2D eigenvalue weighted by Gasteiger charge is -2.35. The molecule has 2 aliphatic rings. The molecule has 1 fully saturated rings. The van der Waals surface area contributed by atoms with Crippen LogP contribution in [0.3, 0.4) is 0 Å². The predicted molar refractivity (Wildman–Crippen MR) is 122 cm³/mol. The second kappa shape index (κ2) is 10.5. The molecular formula is C24H29N3O6. The summed E-state index contributed by atoms with van der Waals surface area (Å²) in [7, 11) is 1.55. The molecule has 0 radical (unpaired) electrons. The van der Waals surface area contributed by atoms with Gasteiger partial charge in [0.1, 0.15) is 5.75 Å². The summed E-state index contributed by atoms with van der Waals surface area (Å²) in [5.74, 6) is 0.134. The van der Waals surface area contributed by atoms with Crippen LogP contribution < -0.4 is 19.5 Å². The van der Waals surface area contributed by atoms with Crippen LogP contribution in [0.15, 0.2) is 42.5 Å². The second-order valence-corrected chi connectivity index (χ2v) is 8.28. The summed E-state index contributed by atoms with van der Waals surface area (Å²) in [5, 5.41) is 12.4. The van der Waals surface area contributed by atoms with Gasteiger partial charge in [-0.1, -0.05) is 12.1 Å². The largest absolute Gasteiger partial charge is 0.497 e. The van der Waals surface area contributed by atoms with E-state index in [0.29, 0.717) is 18.0 Å². The number of fused-ring (bicyclic) bond motifs is 1. The van der Waals surface area contributed by atoms with E-state index in [1.807, 2.05) is 18.2 Å². The molecule has 1 atom stereocenters. The number of carboxylic acids is 1. The van der Waals surface area contributed by atoms with Gasteiger partial charge in [0.15, 0.2) is 11.5 Å². The average molecular weight is 456 g/mol. The van der Waals surface area contributed by atoms with E-state index in [9.17, 15) is 14.7 Å². The number of carbonyl (C=O) groups is 2. The van der Waals surface area contributed by atoms with Crippen LogP contribution in [0.1, 0.15) is 12.0 Å². The number of methoxy groups -OCH3 is 1. The third-order valence-corrected chi connectivity index (χ3v) is 5.92. The number of hydrogen-bond donors (Lipinski definition) is 2. The molecule has 2 aliphatic heterocycles. The number of nitrogens with zero attached hydrogens (tertiary/aromatic N) is 2. The predicted octanol–water partition coefficient (Wildman–Crippen LogP) is 2.27. The number of aliphatic carboxylic acids is 1. The van der Waals surface area contributed by atoms with E-state index >= 15 is 0 Å². The minimum absolute atomic E-state index is 0.0794. The number of carbonyl (C=O) groups excluding carboxylic acids is 1. The molecule has 33 heavy (non-hydrogen) atoms. The summed E-state index contributed by atoms with van der Waals surface area (Å²) < 4.78 is 16.0. The Kier molecular flexibility index (Phi) is 7.31. The number of piperazine rings is 1. The highest BCUT2D eigenvalue weighted by molar-refractivity contribution is 5.93. The Bertz CT molecular complexity index is 990. The standard InChI is InChI=1S/C24H29N3O6/c1-31-20-4-2-3-19(13-20)25-23(28)12-18(24(29)30)15-27-9-7-26(8-10-27)14-17-5-6-21-22(11-17)33-16-32-21/h2-6,11,13,18H,7-10,12,14-16H2,1H3,(H,25,28)(H,29,30)/t18-/m1/s1. The molecule has 176 valence electrons. The molecule has 9 heteroatoms. The van der Waals surface area contributed by atoms with E-state index in [2.05, 4.69) is 15.1 Å². The Hall–Kier alpha value is -3.30. The van der Waals surface area contributed by atoms with E-state index in [-0.39, 0.29) is 19.1 Å². The molecule has 4 rings (SSSR count). The Morgan fingerprint density at radius 2 is 1.82 bits per heavy atom. The van der Waals surface area contributed by atoms with Crippen LogP contribution in [-0.4, -0.2) is 73.4 Å². The molecule has 0 saturated carbocycles. The Labute approximate surface area is 192 Å². The summed E-state index contributed by atoms with van der Waals surface area (Å²) in [6.45, 7) is 4.58. The monoisotopic (exact) mass is 455 g/mol. The molecule has 0 aromatic heterocycles. The van der Waals surface area contributed by atoms with Crippen molar-refractivity contribution in [3.63, 3.8) is 0 Å². The number of hydrogen-bond acceptors (Lipinski definition) is 7. The topological polar surface area (TPSA) is 101 Å². The van der Waals surface area contributed by atoms with Crippen molar-refractivity contribution >= 4 is 17.6 Å². The van der Waals surface area contributed by atoms with Gasteiger partial charge in [0.2, 0.25) is 12.7 Å². The first-order valence-corrected chi connectivity index (χ1v) is 11.0. The number of rotatable bonds is 9. The molecule has 1 amide bonds. The molecule has 0 bridgehead atoms. The lowest BCUT2D eigenvalue weighted by Crippen LogP contribution is -2.48. The van der Waals surface area contributed by atoms with Crippen molar-refractivity contribution in [2.45, 2.75) is 13.0 Å². The van der Waals surface area contributed by atoms with Gasteiger partial charge in [-0.3, -0.25) is 19.4 Å². The van der Waals surface area contributed by atoms with E-state index in [1.165, 1.54) is 0 Å². The molecule has 1 saturated heterocycles. The number of nitrogens with one attached hydrogen (secondary N) is 1. The number of benzene rings is 2. The Morgan fingerprint density at radius 3 is 2.58 bits per heavy atom. The van der Waals surface area contributed by atoms with Gasteiger partial charge in [0, 0.05) is 57.4 Å². The second-order valence-electron chi connectivity index (χ2n) is 8.28. The van der Waals surface area contributed by atoms with Crippen molar-refractivity contribution in [2.24, 2.45) is 5.92 Å². The van der Waals surface area contributed by atoms with E-state index < -0.39 is 11.9 Å². The van der Waals surface area contributed by atoms with Crippen LogP contribution in [0.2, 0.25) is 0 Å². The van der Waals surface area contributed by atoms with Crippen LogP contribution >= 0.6 is 0 Å². The molecule has 9 nitrogen and oxygen atoms in total.